The van der Waals surface area contributed by atoms with Gasteiger partial charge >= 0.3 is 0 Å². The van der Waals surface area contributed by atoms with E-state index in [4.69, 9.17) is 11.6 Å². The highest BCUT2D eigenvalue weighted by atomic mass is 79.9. The number of sulfonamides is 1. The minimum absolute atomic E-state index is 0.165. The van der Waals surface area contributed by atoms with Crippen LogP contribution in [0.4, 0.5) is 5.69 Å². The molecule has 0 bridgehead atoms. The summed E-state index contributed by atoms with van der Waals surface area (Å²) in [4.78, 5) is 0. The van der Waals surface area contributed by atoms with Crippen molar-refractivity contribution in [2.45, 2.75) is 11.1 Å². The lowest BCUT2D eigenvalue weighted by atomic mass is 10.2. The summed E-state index contributed by atoms with van der Waals surface area (Å²) in [5.74, 6) is 0. The van der Waals surface area contributed by atoms with E-state index < -0.39 is 10.0 Å². The van der Waals surface area contributed by atoms with Crippen molar-refractivity contribution in [3.05, 3.63) is 43.1 Å². The van der Waals surface area contributed by atoms with E-state index in [1.54, 1.807) is 12.1 Å². The Morgan fingerprint density at radius 2 is 2.00 bits per heavy atom. The quantitative estimate of drug-likeness (QED) is 0.720. The van der Waals surface area contributed by atoms with Crippen LogP contribution in [0.15, 0.2) is 36.7 Å². The number of rotatable bonds is 3. The molecule has 1 N–H and O–H groups in total. The van der Waals surface area contributed by atoms with Gasteiger partial charge in [-0.2, -0.15) is 0 Å². The zero-order chi connectivity index (χ0) is 14.2. The largest absolute Gasteiger partial charge is 0.278 e. The zero-order valence-electron chi connectivity index (χ0n) is 9.58. The Labute approximate surface area is 137 Å². The molecule has 1 aromatic heterocycles. The number of hydrogen-bond acceptors (Lipinski definition) is 3. The Morgan fingerprint density at radius 3 is 2.58 bits per heavy atom. The monoisotopic (exact) mass is 443 g/mol. The molecule has 0 aliphatic rings. The van der Waals surface area contributed by atoms with Gasteiger partial charge in [-0.25, -0.2) is 8.42 Å². The average molecular weight is 446 g/mol. The van der Waals surface area contributed by atoms with Crippen molar-refractivity contribution >= 4 is 70.5 Å². The molecule has 0 saturated carbocycles. The molecule has 2 rings (SSSR count). The van der Waals surface area contributed by atoms with Crippen molar-refractivity contribution in [1.29, 1.82) is 0 Å². The lowest BCUT2D eigenvalue weighted by molar-refractivity contribution is 0.603. The standard InChI is InChI=1S/C11H8Br2ClNO2S2/c1-6-3-2-4-8(10(6)12)15-19(16,17)9-5-7(14)11(13)18-9/h2-5,15H,1H3. The van der Waals surface area contributed by atoms with E-state index in [0.717, 1.165) is 21.4 Å². The number of anilines is 1. The molecule has 0 spiro atoms. The van der Waals surface area contributed by atoms with Crippen LogP contribution >= 0.6 is 54.8 Å². The highest BCUT2D eigenvalue weighted by Crippen LogP contribution is 2.36. The molecule has 0 aliphatic heterocycles. The average Bonchev–Trinajstić information content (AvgIpc) is 2.66. The van der Waals surface area contributed by atoms with Gasteiger partial charge in [0.25, 0.3) is 10.0 Å². The molecular formula is C11H8Br2ClNO2S2. The normalized spacial score (nSPS) is 11.6. The van der Waals surface area contributed by atoms with Crippen molar-refractivity contribution in [3.8, 4) is 0 Å². The third kappa shape index (κ3) is 3.33. The third-order valence-corrected chi connectivity index (χ3v) is 7.69. The number of halogens is 3. The Bertz CT molecular complexity index is 709. The van der Waals surface area contributed by atoms with Gasteiger partial charge in [0.2, 0.25) is 0 Å². The summed E-state index contributed by atoms with van der Waals surface area (Å²) in [5, 5.41) is 0.383. The molecule has 0 atom stereocenters. The van der Waals surface area contributed by atoms with E-state index in [1.807, 2.05) is 13.0 Å². The number of nitrogens with one attached hydrogen (secondary N) is 1. The fourth-order valence-corrected chi connectivity index (χ4v) is 5.35. The lowest BCUT2D eigenvalue weighted by Crippen LogP contribution is -2.12. The van der Waals surface area contributed by atoms with E-state index in [-0.39, 0.29) is 4.21 Å². The summed E-state index contributed by atoms with van der Waals surface area (Å²) in [6.07, 6.45) is 0. The smallest absolute Gasteiger partial charge is 0.271 e. The van der Waals surface area contributed by atoms with E-state index in [2.05, 4.69) is 36.6 Å². The molecule has 1 heterocycles. The van der Waals surface area contributed by atoms with Crippen molar-refractivity contribution in [2.24, 2.45) is 0 Å². The molecule has 0 aliphatic carbocycles. The van der Waals surface area contributed by atoms with E-state index >= 15 is 0 Å². The van der Waals surface area contributed by atoms with Gasteiger partial charge < -0.3 is 0 Å². The second-order valence-electron chi connectivity index (χ2n) is 3.73. The maximum Gasteiger partial charge on any atom is 0.271 e. The van der Waals surface area contributed by atoms with E-state index in [9.17, 15) is 8.42 Å². The summed E-state index contributed by atoms with van der Waals surface area (Å²) in [6, 6.07) is 6.79. The minimum Gasteiger partial charge on any atom is -0.278 e. The molecule has 2 aromatic rings. The van der Waals surface area contributed by atoms with E-state index in [1.165, 1.54) is 6.07 Å². The van der Waals surface area contributed by atoms with Crippen LogP contribution in [0.3, 0.4) is 0 Å². The molecule has 0 unspecified atom stereocenters. The van der Waals surface area contributed by atoms with Crippen LogP contribution in [0.1, 0.15) is 5.56 Å². The van der Waals surface area contributed by atoms with Crippen molar-refractivity contribution in [2.75, 3.05) is 4.72 Å². The van der Waals surface area contributed by atoms with Crippen LogP contribution < -0.4 is 4.72 Å². The molecule has 0 saturated heterocycles. The Kier molecular flexibility index (Phi) is 4.62. The first-order chi connectivity index (χ1) is 8.81. The summed E-state index contributed by atoms with van der Waals surface area (Å²) in [7, 11) is -3.63. The summed E-state index contributed by atoms with van der Waals surface area (Å²) in [6.45, 7) is 1.89. The molecule has 0 amide bonds. The second-order valence-corrected chi connectivity index (χ2v) is 9.21. The number of thiophene rings is 1. The number of benzene rings is 1. The van der Waals surface area contributed by atoms with Crippen LogP contribution in [-0.2, 0) is 10.0 Å². The maximum absolute atomic E-state index is 12.2. The predicted octanol–water partition coefficient (Wildman–Crippen LogP) is 5.04. The van der Waals surface area contributed by atoms with Gasteiger partial charge in [0.15, 0.2) is 0 Å². The van der Waals surface area contributed by atoms with Gasteiger partial charge in [-0.3, -0.25) is 4.72 Å². The van der Waals surface area contributed by atoms with Crippen LogP contribution in [-0.4, -0.2) is 8.42 Å². The molecule has 0 radical (unpaired) electrons. The highest BCUT2D eigenvalue weighted by molar-refractivity contribution is 9.11. The molecule has 102 valence electrons. The summed E-state index contributed by atoms with van der Waals surface area (Å²) in [5.41, 5.74) is 1.45. The molecule has 1 aromatic carbocycles. The molecule has 8 heteroatoms. The molecule has 0 fully saturated rings. The van der Waals surface area contributed by atoms with Gasteiger partial charge in [0.1, 0.15) is 4.21 Å². The first-order valence-electron chi connectivity index (χ1n) is 5.04. The summed E-state index contributed by atoms with van der Waals surface area (Å²) < 4.78 is 28.5. The Morgan fingerprint density at radius 1 is 1.32 bits per heavy atom. The number of hydrogen-bond donors (Lipinski definition) is 1. The first-order valence-corrected chi connectivity index (χ1v) is 9.30. The van der Waals surface area contributed by atoms with E-state index in [0.29, 0.717) is 14.5 Å². The van der Waals surface area contributed by atoms with Crippen LogP contribution in [0.25, 0.3) is 0 Å². The van der Waals surface area contributed by atoms with Crippen LogP contribution in [0.2, 0.25) is 5.02 Å². The van der Waals surface area contributed by atoms with Crippen molar-refractivity contribution < 1.29 is 8.42 Å². The third-order valence-electron chi connectivity index (χ3n) is 2.32. The SMILES string of the molecule is Cc1cccc(NS(=O)(=O)c2cc(Cl)c(Br)s2)c1Br. The fraction of sp³-hybridized carbons (Fsp3) is 0.0909. The van der Waals surface area contributed by atoms with Gasteiger partial charge in [0.05, 0.1) is 14.5 Å². The molecular weight excluding hydrogens is 438 g/mol. The van der Waals surface area contributed by atoms with Crippen LogP contribution in [0, 0.1) is 6.92 Å². The number of aryl methyl sites for hydroxylation is 1. The first kappa shape index (κ1) is 15.3. The Balaban J connectivity index is 2.39. The van der Waals surface area contributed by atoms with Gasteiger partial charge in [-0.1, -0.05) is 23.7 Å². The molecule has 19 heavy (non-hydrogen) atoms. The lowest BCUT2D eigenvalue weighted by Gasteiger charge is -2.09. The van der Waals surface area contributed by atoms with Gasteiger partial charge in [0, 0.05) is 4.47 Å². The van der Waals surface area contributed by atoms with Gasteiger partial charge in [-0.15, -0.1) is 11.3 Å². The predicted molar refractivity (Wildman–Crippen MR) is 86.7 cm³/mol. The molecule has 3 nitrogen and oxygen atoms in total. The maximum atomic E-state index is 12.2. The topological polar surface area (TPSA) is 46.2 Å². The summed E-state index contributed by atoms with van der Waals surface area (Å²) >= 11 is 13.5. The van der Waals surface area contributed by atoms with Crippen molar-refractivity contribution in [3.63, 3.8) is 0 Å². The minimum atomic E-state index is -3.63. The van der Waals surface area contributed by atoms with Crippen LogP contribution in [0.5, 0.6) is 0 Å². The Hall–Kier alpha value is -0.0800. The van der Waals surface area contributed by atoms with Crippen molar-refractivity contribution in [1.82, 2.24) is 0 Å². The zero-order valence-corrected chi connectivity index (χ0v) is 15.1. The fourth-order valence-electron chi connectivity index (χ4n) is 1.38. The van der Waals surface area contributed by atoms with Gasteiger partial charge in [-0.05, 0) is 56.5 Å². The highest BCUT2D eigenvalue weighted by Gasteiger charge is 2.20. The second kappa shape index (κ2) is 5.73.